The van der Waals surface area contributed by atoms with Gasteiger partial charge in [-0.15, -0.1) is 0 Å². The average molecular weight is 216 g/mol. The van der Waals surface area contributed by atoms with Crippen LogP contribution in [0.5, 0.6) is 0 Å². The van der Waals surface area contributed by atoms with Crippen LogP contribution in [-0.2, 0) is 14.3 Å². The summed E-state index contributed by atoms with van der Waals surface area (Å²) in [6.45, 7) is 11.7. The van der Waals surface area contributed by atoms with Gasteiger partial charge in [-0.3, -0.25) is 0 Å². The maximum Gasteiger partial charge on any atom is 0.338 e. The second kappa shape index (κ2) is 5.50. The van der Waals surface area contributed by atoms with Crippen LogP contribution in [0.3, 0.4) is 0 Å². The minimum absolute atomic E-state index is 0.300. The van der Waals surface area contributed by atoms with Crippen LogP contribution in [0.2, 0.25) is 0 Å². The Morgan fingerprint density at radius 1 is 1.13 bits per heavy atom. The number of hydrogen-bond acceptors (Lipinski definition) is 3. The number of esters is 1. The standard InChI is InChI=1S/C12H24O3/c1-7-8-9-14-12(5,6)10(13)15-11(2,3)4/h7-9H2,1-6H3. The fourth-order valence-corrected chi connectivity index (χ4v) is 0.932. The molecule has 3 nitrogen and oxygen atoms in total. The van der Waals surface area contributed by atoms with Gasteiger partial charge in [0.15, 0.2) is 5.60 Å². The minimum Gasteiger partial charge on any atom is -0.458 e. The molecular weight excluding hydrogens is 192 g/mol. The van der Waals surface area contributed by atoms with Gasteiger partial charge in [0.25, 0.3) is 0 Å². The summed E-state index contributed by atoms with van der Waals surface area (Å²) in [7, 11) is 0. The molecule has 0 aromatic rings. The van der Waals surface area contributed by atoms with Gasteiger partial charge in [-0.1, -0.05) is 13.3 Å². The van der Waals surface area contributed by atoms with Gasteiger partial charge < -0.3 is 9.47 Å². The fraction of sp³-hybridized carbons (Fsp3) is 0.917. The van der Waals surface area contributed by atoms with Crippen molar-refractivity contribution in [1.29, 1.82) is 0 Å². The summed E-state index contributed by atoms with van der Waals surface area (Å²) in [6, 6.07) is 0. The number of ether oxygens (including phenoxy) is 2. The lowest BCUT2D eigenvalue weighted by atomic mass is 10.1. The second-order valence-corrected chi connectivity index (χ2v) is 5.21. The summed E-state index contributed by atoms with van der Waals surface area (Å²) in [5, 5.41) is 0. The molecule has 0 spiro atoms. The Kier molecular flexibility index (Phi) is 5.29. The van der Waals surface area contributed by atoms with E-state index in [0.717, 1.165) is 12.8 Å². The molecule has 0 atom stereocenters. The van der Waals surface area contributed by atoms with E-state index in [1.807, 2.05) is 20.8 Å². The summed E-state index contributed by atoms with van der Waals surface area (Å²) in [4.78, 5) is 11.7. The zero-order valence-electron chi connectivity index (χ0n) is 10.8. The first-order chi connectivity index (χ1) is 6.69. The van der Waals surface area contributed by atoms with Gasteiger partial charge in [-0.25, -0.2) is 4.79 Å². The van der Waals surface area contributed by atoms with Crippen molar-refractivity contribution < 1.29 is 14.3 Å². The number of hydrogen-bond donors (Lipinski definition) is 0. The quantitative estimate of drug-likeness (QED) is 0.523. The van der Waals surface area contributed by atoms with Crippen molar-refractivity contribution in [3.05, 3.63) is 0 Å². The molecule has 0 heterocycles. The Morgan fingerprint density at radius 3 is 2.07 bits per heavy atom. The average Bonchev–Trinajstić information content (AvgIpc) is 2.01. The molecule has 15 heavy (non-hydrogen) atoms. The minimum atomic E-state index is -0.845. The van der Waals surface area contributed by atoms with E-state index in [9.17, 15) is 4.79 Å². The lowest BCUT2D eigenvalue weighted by Gasteiger charge is -2.28. The third kappa shape index (κ3) is 6.50. The third-order valence-electron chi connectivity index (χ3n) is 1.85. The summed E-state index contributed by atoms with van der Waals surface area (Å²) >= 11 is 0. The third-order valence-corrected chi connectivity index (χ3v) is 1.85. The van der Waals surface area contributed by atoms with Gasteiger partial charge in [0.2, 0.25) is 0 Å². The van der Waals surface area contributed by atoms with Crippen LogP contribution < -0.4 is 0 Å². The SMILES string of the molecule is CCCCOC(C)(C)C(=O)OC(C)(C)C. The molecule has 3 heteroatoms. The number of rotatable bonds is 5. The largest absolute Gasteiger partial charge is 0.458 e. The number of carbonyl (C=O) groups is 1. The Hall–Kier alpha value is -0.570. The zero-order chi connectivity index (χ0) is 12.1. The van der Waals surface area contributed by atoms with Gasteiger partial charge in [0.1, 0.15) is 5.60 Å². The van der Waals surface area contributed by atoms with Gasteiger partial charge >= 0.3 is 5.97 Å². The molecule has 0 aromatic carbocycles. The van der Waals surface area contributed by atoms with Crippen molar-refractivity contribution >= 4 is 5.97 Å². The van der Waals surface area contributed by atoms with Crippen LogP contribution >= 0.6 is 0 Å². The smallest absolute Gasteiger partial charge is 0.338 e. The van der Waals surface area contributed by atoms with Crippen molar-refractivity contribution in [2.45, 2.75) is 65.6 Å². The topological polar surface area (TPSA) is 35.5 Å². The van der Waals surface area contributed by atoms with Crippen molar-refractivity contribution in [2.75, 3.05) is 6.61 Å². The maximum atomic E-state index is 11.7. The van der Waals surface area contributed by atoms with Gasteiger partial charge in [-0.05, 0) is 41.0 Å². The second-order valence-electron chi connectivity index (χ2n) is 5.21. The number of unbranched alkanes of at least 4 members (excludes halogenated alkanes) is 1. The molecular formula is C12H24O3. The monoisotopic (exact) mass is 216 g/mol. The van der Waals surface area contributed by atoms with Crippen LogP contribution in [0.4, 0.5) is 0 Å². The Morgan fingerprint density at radius 2 is 1.67 bits per heavy atom. The van der Waals surface area contributed by atoms with E-state index in [0.29, 0.717) is 6.61 Å². The summed E-state index contributed by atoms with van der Waals surface area (Å²) < 4.78 is 10.8. The molecule has 0 radical (unpaired) electrons. The molecule has 0 aliphatic rings. The molecule has 0 saturated heterocycles. The Labute approximate surface area is 93.1 Å². The number of carbonyl (C=O) groups excluding carboxylic acids is 1. The van der Waals surface area contributed by atoms with E-state index >= 15 is 0 Å². The first-order valence-corrected chi connectivity index (χ1v) is 5.56. The van der Waals surface area contributed by atoms with E-state index in [1.165, 1.54) is 0 Å². The summed E-state index contributed by atoms with van der Waals surface area (Å²) in [5.74, 6) is -0.300. The summed E-state index contributed by atoms with van der Waals surface area (Å²) in [6.07, 6.45) is 2.02. The molecule has 0 N–H and O–H groups in total. The predicted molar refractivity (Wildman–Crippen MR) is 60.8 cm³/mol. The molecule has 0 aliphatic heterocycles. The summed E-state index contributed by atoms with van der Waals surface area (Å²) in [5.41, 5.74) is -1.30. The first-order valence-electron chi connectivity index (χ1n) is 5.56. The van der Waals surface area contributed by atoms with E-state index in [4.69, 9.17) is 9.47 Å². The molecule has 0 unspecified atom stereocenters. The normalized spacial score (nSPS) is 12.7. The Bertz CT molecular complexity index is 201. The van der Waals surface area contributed by atoms with Crippen LogP contribution in [0.15, 0.2) is 0 Å². The van der Waals surface area contributed by atoms with Gasteiger partial charge in [-0.2, -0.15) is 0 Å². The molecule has 0 aliphatic carbocycles. The fourth-order valence-electron chi connectivity index (χ4n) is 0.932. The molecule has 0 amide bonds. The highest BCUT2D eigenvalue weighted by atomic mass is 16.6. The molecule has 90 valence electrons. The highest BCUT2D eigenvalue weighted by molar-refractivity contribution is 5.78. The molecule has 0 bridgehead atoms. The lowest BCUT2D eigenvalue weighted by Crippen LogP contribution is -2.41. The molecule has 0 rings (SSSR count). The molecule has 0 aromatic heterocycles. The van der Waals surface area contributed by atoms with Crippen molar-refractivity contribution in [3.8, 4) is 0 Å². The predicted octanol–water partition coefficient (Wildman–Crippen LogP) is 2.92. The molecule has 0 saturated carbocycles. The first kappa shape index (κ1) is 14.4. The van der Waals surface area contributed by atoms with E-state index in [1.54, 1.807) is 13.8 Å². The van der Waals surface area contributed by atoms with Crippen molar-refractivity contribution in [3.63, 3.8) is 0 Å². The highest BCUT2D eigenvalue weighted by Crippen LogP contribution is 2.17. The zero-order valence-corrected chi connectivity index (χ0v) is 10.8. The maximum absolute atomic E-state index is 11.7. The highest BCUT2D eigenvalue weighted by Gasteiger charge is 2.33. The van der Waals surface area contributed by atoms with Crippen LogP contribution in [0.1, 0.15) is 54.4 Å². The van der Waals surface area contributed by atoms with Crippen molar-refractivity contribution in [1.82, 2.24) is 0 Å². The van der Waals surface area contributed by atoms with Crippen LogP contribution in [0.25, 0.3) is 0 Å². The molecule has 0 fully saturated rings. The van der Waals surface area contributed by atoms with E-state index in [2.05, 4.69) is 6.92 Å². The van der Waals surface area contributed by atoms with E-state index in [-0.39, 0.29) is 5.97 Å². The van der Waals surface area contributed by atoms with Gasteiger partial charge in [0.05, 0.1) is 0 Å². The van der Waals surface area contributed by atoms with Crippen LogP contribution in [-0.4, -0.2) is 23.8 Å². The lowest BCUT2D eigenvalue weighted by molar-refractivity contribution is -0.179. The van der Waals surface area contributed by atoms with E-state index < -0.39 is 11.2 Å². The Balaban J connectivity index is 4.14. The van der Waals surface area contributed by atoms with Crippen LogP contribution in [0, 0.1) is 0 Å². The van der Waals surface area contributed by atoms with Crippen molar-refractivity contribution in [2.24, 2.45) is 0 Å². The van der Waals surface area contributed by atoms with Gasteiger partial charge in [0, 0.05) is 6.61 Å².